The van der Waals surface area contributed by atoms with Crippen LogP contribution in [0.15, 0.2) is 18.2 Å². The standard InChI is InChI=1S/C15H20N2O2/c1-5-6-13-16-11-8-7-10(14(18)19)9-12(11)17(13)15(2,3)4/h7-9H,5-6H2,1-4H3,(H,18,19). The minimum atomic E-state index is -0.902. The number of imidazole rings is 1. The van der Waals surface area contributed by atoms with Gasteiger partial charge in [-0.1, -0.05) is 6.92 Å². The van der Waals surface area contributed by atoms with Gasteiger partial charge in [0.25, 0.3) is 0 Å². The molecule has 0 bridgehead atoms. The summed E-state index contributed by atoms with van der Waals surface area (Å²) in [5, 5.41) is 9.12. The van der Waals surface area contributed by atoms with E-state index >= 15 is 0 Å². The molecule has 0 spiro atoms. The average Bonchev–Trinajstić information content (AvgIpc) is 2.65. The summed E-state index contributed by atoms with van der Waals surface area (Å²) >= 11 is 0. The van der Waals surface area contributed by atoms with Crippen LogP contribution in [0.1, 0.15) is 50.3 Å². The molecular formula is C15H20N2O2. The van der Waals surface area contributed by atoms with Crippen molar-refractivity contribution in [3.05, 3.63) is 29.6 Å². The maximum atomic E-state index is 11.1. The zero-order valence-electron chi connectivity index (χ0n) is 11.9. The van der Waals surface area contributed by atoms with Gasteiger partial charge in [-0.15, -0.1) is 0 Å². The zero-order chi connectivity index (χ0) is 14.2. The third kappa shape index (κ3) is 2.48. The number of carbonyl (C=O) groups is 1. The molecule has 0 saturated carbocycles. The van der Waals surface area contributed by atoms with Crippen molar-refractivity contribution in [1.29, 1.82) is 0 Å². The van der Waals surface area contributed by atoms with Gasteiger partial charge in [-0.2, -0.15) is 0 Å². The van der Waals surface area contributed by atoms with Crippen molar-refractivity contribution in [2.45, 2.75) is 46.1 Å². The second-order valence-corrected chi connectivity index (χ2v) is 5.79. The fourth-order valence-corrected chi connectivity index (χ4v) is 2.40. The molecule has 0 unspecified atom stereocenters. The Balaban J connectivity index is 2.74. The van der Waals surface area contributed by atoms with Crippen molar-refractivity contribution in [2.24, 2.45) is 0 Å². The van der Waals surface area contributed by atoms with Gasteiger partial charge in [0.1, 0.15) is 5.82 Å². The molecule has 0 fully saturated rings. The van der Waals surface area contributed by atoms with E-state index in [4.69, 9.17) is 5.11 Å². The van der Waals surface area contributed by atoms with Crippen LogP contribution in [0.5, 0.6) is 0 Å². The average molecular weight is 260 g/mol. The fourth-order valence-electron chi connectivity index (χ4n) is 2.40. The first-order valence-electron chi connectivity index (χ1n) is 6.59. The lowest BCUT2D eigenvalue weighted by Gasteiger charge is -2.24. The maximum absolute atomic E-state index is 11.1. The van der Waals surface area contributed by atoms with Crippen molar-refractivity contribution in [1.82, 2.24) is 9.55 Å². The predicted molar refractivity (Wildman–Crippen MR) is 75.7 cm³/mol. The quantitative estimate of drug-likeness (QED) is 0.919. The maximum Gasteiger partial charge on any atom is 0.335 e. The molecule has 0 amide bonds. The van der Waals surface area contributed by atoms with E-state index in [2.05, 4.69) is 37.2 Å². The minimum absolute atomic E-state index is 0.115. The number of carboxylic acid groups (broad SMARTS) is 1. The lowest BCUT2D eigenvalue weighted by Crippen LogP contribution is -2.24. The molecule has 4 nitrogen and oxygen atoms in total. The van der Waals surface area contributed by atoms with Crippen LogP contribution < -0.4 is 0 Å². The Morgan fingerprint density at radius 3 is 2.58 bits per heavy atom. The van der Waals surface area contributed by atoms with Gasteiger partial charge in [-0.25, -0.2) is 9.78 Å². The Labute approximate surface area is 113 Å². The number of hydrogen-bond donors (Lipinski definition) is 1. The van der Waals surface area contributed by atoms with Crippen LogP contribution in [-0.2, 0) is 12.0 Å². The van der Waals surface area contributed by atoms with Gasteiger partial charge in [0, 0.05) is 12.0 Å². The first kappa shape index (κ1) is 13.6. The highest BCUT2D eigenvalue weighted by Crippen LogP contribution is 2.26. The van der Waals surface area contributed by atoms with Crippen molar-refractivity contribution in [2.75, 3.05) is 0 Å². The summed E-state index contributed by atoms with van der Waals surface area (Å²) in [5.74, 6) is 0.119. The van der Waals surface area contributed by atoms with E-state index in [0.29, 0.717) is 5.56 Å². The van der Waals surface area contributed by atoms with E-state index in [1.807, 2.05) is 0 Å². The number of hydrogen-bond acceptors (Lipinski definition) is 2. The van der Waals surface area contributed by atoms with Crippen molar-refractivity contribution >= 4 is 17.0 Å². The number of carboxylic acids is 1. The highest BCUT2D eigenvalue weighted by atomic mass is 16.4. The van der Waals surface area contributed by atoms with Crippen LogP contribution in [0.4, 0.5) is 0 Å². The first-order chi connectivity index (χ1) is 8.84. The lowest BCUT2D eigenvalue weighted by molar-refractivity contribution is 0.0697. The number of aromatic nitrogens is 2. The smallest absolute Gasteiger partial charge is 0.335 e. The Hall–Kier alpha value is -1.84. The molecule has 0 saturated heterocycles. The number of fused-ring (bicyclic) bond motifs is 1. The topological polar surface area (TPSA) is 55.1 Å². The van der Waals surface area contributed by atoms with Gasteiger partial charge < -0.3 is 9.67 Å². The molecule has 1 aromatic heterocycles. The van der Waals surface area contributed by atoms with Gasteiger partial charge in [0.05, 0.1) is 16.6 Å². The Morgan fingerprint density at radius 1 is 1.37 bits per heavy atom. The van der Waals surface area contributed by atoms with Crippen LogP contribution in [0, 0.1) is 0 Å². The molecule has 1 aromatic carbocycles. The molecular weight excluding hydrogens is 240 g/mol. The predicted octanol–water partition coefficient (Wildman–Crippen LogP) is 3.44. The molecule has 0 aliphatic rings. The van der Waals surface area contributed by atoms with Crippen LogP contribution >= 0.6 is 0 Å². The van der Waals surface area contributed by atoms with Crippen LogP contribution in [0.3, 0.4) is 0 Å². The fraction of sp³-hybridized carbons (Fsp3) is 0.467. The first-order valence-corrected chi connectivity index (χ1v) is 6.59. The van der Waals surface area contributed by atoms with Gasteiger partial charge >= 0.3 is 5.97 Å². The monoisotopic (exact) mass is 260 g/mol. The summed E-state index contributed by atoms with van der Waals surface area (Å²) in [6.45, 7) is 8.46. The van der Waals surface area contributed by atoms with Gasteiger partial charge in [-0.3, -0.25) is 0 Å². The summed E-state index contributed by atoms with van der Waals surface area (Å²) in [6, 6.07) is 5.12. The summed E-state index contributed by atoms with van der Waals surface area (Å²) in [7, 11) is 0. The largest absolute Gasteiger partial charge is 0.478 e. The molecule has 0 aliphatic carbocycles. The van der Waals surface area contributed by atoms with E-state index in [1.165, 1.54) is 0 Å². The highest BCUT2D eigenvalue weighted by Gasteiger charge is 2.21. The Morgan fingerprint density at radius 2 is 2.05 bits per heavy atom. The third-order valence-electron chi connectivity index (χ3n) is 3.12. The van der Waals surface area contributed by atoms with Crippen LogP contribution in [-0.4, -0.2) is 20.6 Å². The molecule has 2 rings (SSSR count). The second-order valence-electron chi connectivity index (χ2n) is 5.79. The molecule has 0 radical (unpaired) electrons. The number of nitrogens with zero attached hydrogens (tertiary/aromatic N) is 2. The molecule has 19 heavy (non-hydrogen) atoms. The van der Waals surface area contributed by atoms with E-state index in [9.17, 15) is 4.79 Å². The normalized spacial score (nSPS) is 12.0. The number of rotatable bonds is 3. The number of benzene rings is 1. The summed E-state index contributed by atoms with van der Waals surface area (Å²) < 4.78 is 2.15. The zero-order valence-corrected chi connectivity index (χ0v) is 11.9. The lowest BCUT2D eigenvalue weighted by atomic mass is 10.1. The summed E-state index contributed by atoms with van der Waals surface area (Å²) in [5.41, 5.74) is 1.95. The molecule has 0 atom stereocenters. The van der Waals surface area contributed by atoms with Crippen molar-refractivity contribution in [3.63, 3.8) is 0 Å². The number of aromatic carboxylic acids is 1. The van der Waals surface area contributed by atoms with Gasteiger partial charge in [0.15, 0.2) is 0 Å². The van der Waals surface area contributed by atoms with Gasteiger partial charge in [0.2, 0.25) is 0 Å². The molecule has 2 aromatic rings. The molecule has 1 N–H and O–H groups in total. The van der Waals surface area contributed by atoms with E-state index in [-0.39, 0.29) is 5.54 Å². The highest BCUT2D eigenvalue weighted by molar-refractivity contribution is 5.92. The van der Waals surface area contributed by atoms with Crippen molar-refractivity contribution in [3.8, 4) is 0 Å². The van der Waals surface area contributed by atoms with Crippen LogP contribution in [0.2, 0.25) is 0 Å². The minimum Gasteiger partial charge on any atom is -0.478 e. The second kappa shape index (κ2) is 4.68. The molecule has 0 aliphatic heterocycles. The van der Waals surface area contributed by atoms with E-state index in [1.54, 1.807) is 18.2 Å². The van der Waals surface area contributed by atoms with Crippen molar-refractivity contribution < 1.29 is 9.90 Å². The molecule has 4 heteroatoms. The summed E-state index contributed by atoms with van der Waals surface area (Å²) in [4.78, 5) is 15.7. The Kier molecular flexibility index (Phi) is 3.35. The van der Waals surface area contributed by atoms with E-state index < -0.39 is 5.97 Å². The van der Waals surface area contributed by atoms with Gasteiger partial charge in [-0.05, 0) is 45.4 Å². The third-order valence-corrected chi connectivity index (χ3v) is 3.12. The Bertz CT molecular complexity index is 621. The van der Waals surface area contributed by atoms with Crippen LogP contribution in [0.25, 0.3) is 11.0 Å². The molecule has 1 heterocycles. The number of aryl methyl sites for hydroxylation is 1. The summed E-state index contributed by atoms with van der Waals surface area (Å²) in [6.07, 6.45) is 1.92. The SMILES string of the molecule is CCCc1nc2ccc(C(=O)O)cc2n1C(C)(C)C. The van der Waals surface area contributed by atoms with E-state index in [0.717, 1.165) is 29.7 Å². The molecule has 102 valence electrons.